The second kappa shape index (κ2) is 9.68. The van der Waals surface area contributed by atoms with Gasteiger partial charge in [-0.2, -0.15) is 0 Å². The molecule has 0 aliphatic rings. The SMILES string of the molecule is CCOc1ccc(NC(=O)c2cnc(N(Cc3ccccc3)C(C)C)nc2)cc1. The maximum absolute atomic E-state index is 12.5. The molecule has 0 spiro atoms. The first kappa shape index (κ1) is 20.3. The third-order valence-electron chi connectivity index (χ3n) is 4.40. The van der Waals surface area contributed by atoms with Crippen LogP contribution in [0.1, 0.15) is 36.7 Å². The molecule has 3 aromatic rings. The molecule has 0 radical (unpaired) electrons. The van der Waals surface area contributed by atoms with Gasteiger partial charge in [0, 0.05) is 30.7 Å². The summed E-state index contributed by atoms with van der Waals surface area (Å²) in [6.07, 6.45) is 3.12. The summed E-state index contributed by atoms with van der Waals surface area (Å²) in [5.41, 5.74) is 2.28. The van der Waals surface area contributed by atoms with Crippen molar-refractivity contribution < 1.29 is 9.53 Å². The summed E-state index contributed by atoms with van der Waals surface area (Å²) in [6, 6.07) is 17.7. The Kier molecular flexibility index (Phi) is 6.79. The normalized spacial score (nSPS) is 10.6. The quantitative estimate of drug-likeness (QED) is 0.611. The number of hydrogen-bond donors (Lipinski definition) is 1. The van der Waals surface area contributed by atoms with Gasteiger partial charge >= 0.3 is 0 Å². The van der Waals surface area contributed by atoms with Crippen LogP contribution in [-0.4, -0.2) is 28.5 Å². The number of anilines is 2. The van der Waals surface area contributed by atoms with E-state index in [4.69, 9.17) is 4.74 Å². The van der Waals surface area contributed by atoms with E-state index in [1.165, 1.54) is 5.56 Å². The van der Waals surface area contributed by atoms with Crippen LogP contribution in [0.5, 0.6) is 5.75 Å². The van der Waals surface area contributed by atoms with Gasteiger partial charge in [0.15, 0.2) is 0 Å². The highest BCUT2D eigenvalue weighted by molar-refractivity contribution is 6.03. The molecule has 150 valence electrons. The minimum Gasteiger partial charge on any atom is -0.494 e. The second-order valence-electron chi connectivity index (χ2n) is 6.89. The molecule has 0 aliphatic heterocycles. The predicted octanol–water partition coefficient (Wildman–Crippen LogP) is 4.54. The fraction of sp³-hybridized carbons (Fsp3) is 0.261. The smallest absolute Gasteiger partial charge is 0.258 e. The standard InChI is InChI=1S/C23H26N4O2/c1-4-29-21-12-10-20(11-13-21)26-22(28)19-14-24-23(25-15-19)27(17(2)3)16-18-8-6-5-7-9-18/h5-15,17H,4,16H2,1-3H3,(H,26,28). The van der Waals surface area contributed by atoms with Gasteiger partial charge < -0.3 is 15.0 Å². The lowest BCUT2D eigenvalue weighted by Gasteiger charge is -2.26. The van der Waals surface area contributed by atoms with Gasteiger partial charge in [-0.15, -0.1) is 0 Å². The van der Waals surface area contributed by atoms with Gasteiger partial charge in [-0.3, -0.25) is 4.79 Å². The van der Waals surface area contributed by atoms with E-state index in [0.29, 0.717) is 30.4 Å². The van der Waals surface area contributed by atoms with Crippen molar-refractivity contribution in [2.24, 2.45) is 0 Å². The lowest BCUT2D eigenvalue weighted by atomic mass is 10.2. The molecule has 6 nitrogen and oxygen atoms in total. The molecule has 0 atom stereocenters. The van der Waals surface area contributed by atoms with E-state index in [0.717, 1.165) is 5.75 Å². The zero-order valence-corrected chi connectivity index (χ0v) is 17.0. The highest BCUT2D eigenvalue weighted by Gasteiger charge is 2.15. The Morgan fingerprint density at radius 2 is 1.69 bits per heavy atom. The van der Waals surface area contributed by atoms with Crippen LogP contribution >= 0.6 is 0 Å². The lowest BCUT2D eigenvalue weighted by molar-refractivity contribution is 0.102. The molecule has 0 bridgehead atoms. The summed E-state index contributed by atoms with van der Waals surface area (Å²) in [5.74, 6) is 1.12. The number of amides is 1. The first-order valence-electron chi connectivity index (χ1n) is 9.73. The van der Waals surface area contributed by atoms with Crippen LogP contribution in [0.4, 0.5) is 11.6 Å². The van der Waals surface area contributed by atoms with Crippen LogP contribution in [0.25, 0.3) is 0 Å². The molecule has 0 fully saturated rings. The fourth-order valence-electron chi connectivity index (χ4n) is 2.86. The Balaban J connectivity index is 1.68. The van der Waals surface area contributed by atoms with Crippen molar-refractivity contribution in [2.45, 2.75) is 33.4 Å². The first-order valence-corrected chi connectivity index (χ1v) is 9.73. The third kappa shape index (κ3) is 5.54. The van der Waals surface area contributed by atoms with Gasteiger partial charge in [0.25, 0.3) is 5.91 Å². The number of benzene rings is 2. The summed E-state index contributed by atoms with van der Waals surface area (Å²) in [5, 5.41) is 2.85. The van der Waals surface area contributed by atoms with Crippen LogP contribution in [0.3, 0.4) is 0 Å². The van der Waals surface area contributed by atoms with Gasteiger partial charge in [0.1, 0.15) is 5.75 Å². The molecule has 0 unspecified atom stereocenters. The van der Waals surface area contributed by atoms with E-state index >= 15 is 0 Å². The van der Waals surface area contributed by atoms with Crippen LogP contribution in [0.15, 0.2) is 67.0 Å². The average molecular weight is 390 g/mol. The Morgan fingerprint density at radius 3 is 2.28 bits per heavy atom. The Labute approximate surface area is 171 Å². The number of nitrogens with one attached hydrogen (secondary N) is 1. The van der Waals surface area contributed by atoms with Gasteiger partial charge in [-0.1, -0.05) is 30.3 Å². The highest BCUT2D eigenvalue weighted by Crippen LogP contribution is 2.18. The number of rotatable bonds is 8. The summed E-state index contributed by atoms with van der Waals surface area (Å²) < 4.78 is 5.41. The van der Waals surface area contributed by atoms with Crippen molar-refractivity contribution in [3.8, 4) is 5.75 Å². The Morgan fingerprint density at radius 1 is 1.03 bits per heavy atom. The first-order chi connectivity index (χ1) is 14.1. The van der Waals surface area contributed by atoms with Crippen LogP contribution in [0.2, 0.25) is 0 Å². The summed E-state index contributed by atoms with van der Waals surface area (Å²) in [4.78, 5) is 23.5. The molecule has 6 heteroatoms. The summed E-state index contributed by atoms with van der Waals surface area (Å²) in [7, 11) is 0. The zero-order valence-electron chi connectivity index (χ0n) is 17.0. The van der Waals surface area contributed by atoms with Crippen LogP contribution < -0.4 is 15.0 Å². The van der Waals surface area contributed by atoms with Crippen LogP contribution in [-0.2, 0) is 6.54 Å². The van der Waals surface area contributed by atoms with E-state index in [1.807, 2.05) is 37.3 Å². The Hall–Kier alpha value is -3.41. The molecule has 3 rings (SSSR count). The van der Waals surface area contributed by atoms with Crippen molar-refractivity contribution in [3.63, 3.8) is 0 Å². The van der Waals surface area contributed by atoms with E-state index in [1.54, 1.807) is 24.5 Å². The fourth-order valence-corrected chi connectivity index (χ4v) is 2.86. The number of aromatic nitrogens is 2. The van der Waals surface area contributed by atoms with Crippen molar-refractivity contribution in [1.82, 2.24) is 9.97 Å². The molecule has 1 aromatic heterocycles. The van der Waals surface area contributed by atoms with Gasteiger partial charge in [-0.05, 0) is 50.6 Å². The number of nitrogens with zero attached hydrogens (tertiary/aromatic N) is 3. The molecular weight excluding hydrogens is 364 g/mol. The van der Waals surface area contributed by atoms with Gasteiger partial charge in [0.2, 0.25) is 5.95 Å². The van der Waals surface area contributed by atoms with Crippen molar-refractivity contribution in [2.75, 3.05) is 16.8 Å². The van der Waals surface area contributed by atoms with Gasteiger partial charge in [-0.25, -0.2) is 9.97 Å². The molecule has 0 aliphatic carbocycles. The summed E-state index contributed by atoms with van der Waals surface area (Å²) in [6.45, 7) is 7.43. The molecule has 1 amide bonds. The number of ether oxygens (including phenoxy) is 1. The molecule has 0 saturated heterocycles. The number of hydrogen-bond acceptors (Lipinski definition) is 5. The molecule has 29 heavy (non-hydrogen) atoms. The van der Waals surface area contributed by atoms with E-state index in [-0.39, 0.29) is 11.9 Å². The molecule has 0 saturated carbocycles. The lowest BCUT2D eigenvalue weighted by Crippen LogP contribution is -2.31. The van der Waals surface area contributed by atoms with Gasteiger partial charge in [0.05, 0.1) is 12.2 Å². The van der Waals surface area contributed by atoms with E-state index in [9.17, 15) is 4.79 Å². The topological polar surface area (TPSA) is 67.3 Å². The highest BCUT2D eigenvalue weighted by atomic mass is 16.5. The molecule has 2 aromatic carbocycles. The average Bonchev–Trinajstić information content (AvgIpc) is 2.74. The van der Waals surface area contributed by atoms with E-state index in [2.05, 4.69) is 46.2 Å². The minimum absolute atomic E-state index is 0.221. The van der Waals surface area contributed by atoms with Crippen LogP contribution in [0, 0.1) is 0 Å². The maximum atomic E-state index is 12.5. The third-order valence-corrected chi connectivity index (χ3v) is 4.40. The van der Waals surface area contributed by atoms with Crippen molar-refractivity contribution in [3.05, 3.63) is 78.1 Å². The molecular formula is C23H26N4O2. The zero-order chi connectivity index (χ0) is 20.6. The summed E-state index contributed by atoms with van der Waals surface area (Å²) >= 11 is 0. The second-order valence-corrected chi connectivity index (χ2v) is 6.89. The molecule has 1 N–H and O–H groups in total. The van der Waals surface area contributed by atoms with Crippen molar-refractivity contribution in [1.29, 1.82) is 0 Å². The van der Waals surface area contributed by atoms with E-state index < -0.39 is 0 Å². The Bertz CT molecular complexity index is 910. The largest absolute Gasteiger partial charge is 0.494 e. The monoisotopic (exact) mass is 390 g/mol. The number of carbonyl (C=O) groups excluding carboxylic acids is 1. The van der Waals surface area contributed by atoms with Crippen molar-refractivity contribution >= 4 is 17.5 Å². The minimum atomic E-state index is -0.250. The number of carbonyl (C=O) groups is 1. The molecule has 1 heterocycles. The maximum Gasteiger partial charge on any atom is 0.258 e. The predicted molar refractivity (Wildman–Crippen MR) is 115 cm³/mol.